The molecule has 3 N–H and O–H groups in total. The van der Waals surface area contributed by atoms with Gasteiger partial charge < -0.3 is 15.8 Å². The molecule has 0 unspecified atom stereocenters. The zero-order chi connectivity index (χ0) is 21.7. The Morgan fingerprint density at radius 2 is 1.71 bits per heavy atom. The number of rotatable bonds is 8. The molecule has 5 nitrogen and oxygen atoms in total. The van der Waals surface area contributed by atoms with Crippen LogP contribution in [-0.2, 0) is 11.2 Å². The lowest BCUT2D eigenvalue weighted by Gasteiger charge is -2.38. The predicted octanol–water partition coefficient (Wildman–Crippen LogP) is 4.55. The van der Waals surface area contributed by atoms with Gasteiger partial charge in [0, 0.05) is 11.6 Å². The number of hydrogen-bond donors (Lipinski definition) is 2. The summed E-state index contributed by atoms with van der Waals surface area (Å²) in [4.78, 5) is 24.1. The van der Waals surface area contributed by atoms with Crippen LogP contribution >= 0.6 is 12.4 Å². The van der Waals surface area contributed by atoms with Gasteiger partial charge in [-0.2, -0.15) is 0 Å². The van der Waals surface area contributed by atoms with Gasteiger partial charge in [-0.1, -0.05) is 30.3 Å². The van der Waals surface area contributed by atoms with E-state index in [-0.39, 0.29) is 24.1 Å². The average molecular weight is 445 g/mol. The van der Waals surface area contributed by atoms with E-state index >= 15 is 0 Å². The van der Waals surface area contributed by atoms with Crippen molar-refractivity contribution >= 4 is 24.1 Å². The molecule has 1 saturated carbocycles. The van der Waals surface area contributed by atoms with Gasteiger partial charge in [0.15, 0.2) is 5.78 Å². The second-order valence-corrected chi connectivity index (χ2v) is 8.27. The van der Waals surface area contributed by atoms with Gasteiger partial charge in [0.25, 0.3) is 0 Å². The van der Waals surface area contributed by atoms with Crippen molar-refractivity contribution in [3.8, 4) is 16.9 Å². The third kappa shape index (κ3) is 5.66. The third-order valence-electron chi connectivity index (χ3n) is 6.39. The minimum absolute atomic E-state index is 0. The smallest absolute Gasteiger partial charge is 0.223 e. The molecule has 2 aromatic carbocycles. The number of halogens is 1. The highest BCUT2D eigenvalue weighted by atomic mass is 35.5. The Bertz CT molecular complexity index is 903. The molecule has 0 saturated heterocycles. The number of ether oxygens (including phenoxy) is 1. The van der Waals surface area contributed by atoms with Crippen molar-refractivity contribution in [1.82, 2.24) is 5.32 Å². The second-order valence-electron chi connectivity index (χ2n) is 8.27. The van der Waals surface area contributed by atoms with Crippen LogP contribution in [0.15, 0.2) is 42.5 Å². The number of hydrogen-bond acceptors (Lipinski definition) is 4. The first-order valence-corrected chi connectivity index (χ1v) is 10.7. The first-order chi connectivity index (χ1) is 14.4. The van der Waals surface area contributed by atoms with Crippen LogP contribution in [0.25, 0.3) is 11.1 Å². The second kappa shape index (κ2) is 10.8. The zero-order valence-electron chi connectivity index (χ0n) is 18.6. The van der Waals surface area contributed by atoms with E-state index in [1.165, 1.54) is 0 Å². The summed E-state index contributed by atoms with van der Waals surface area (Å²) in [6, 6.07) is 14.1. The largest absolute Gasteiger partial charge is 0.494 e. The number of nitrogens with two attached hydrogens (primary N) is 1. The van der Waals surface area contributed by atoms with Crippen LogP contribution < -0.4 is 15.8 Å². The SMILES string of the molecule is CCOc1ccc(-c2ccc(C(C)=O)cc2)cc1CC1(C(N)=O)CCC(NC)CC1.Cl. The lowest BCUT2D eigenvalue weighted by atomic mass is 9.68. The summed E-state index contributed by atoms with van der Waals surface area (Å²) in [5, 5.41) is 3.32. The molecule has 168 valence electrons. The van der Waals surface area contributed by atoms with Gasteiger partial charge in [-0.15, -0.1) is 12.4 Å². The maximum Gasteiger partial charge on any atom is 0.223 e. The minimum Gasteiger partial charge on any atom is -0.494 e. The molecule has 0 spiro atoms. The highest BCUT2D eigenvalue weighted by Gasteiger charge is 2.40. The standard InChI is InChI=1S/C25H32N2O3.ClH/c1-4-30-23-10-9-20(19-7-5-18(6-8-19)17(2)28)15-21(23)16-25(24(26)29)13-11-22(27-3)12-14-25;/h5-10,15,22,27H,4,11-14,16H2,1-3H3,(H2,26,29);1H. The van der Waals surface area contributed by atoms with Crippen LogP contribution in [0.4, 0.5) is 0 Å². The van der Waals surface area contributed by atoms with E-state index in [2.05, 4.69) is 11.4 Å². The Morgan fingerprint density at radius 1 is 1.10 bits per heavy atom. The molecule has 3 rings (SSSR count). The number of carbonyl (C=O) groups is 2. The monoisotopic (exact) mass is 444 g/mol. The van der Waals surface area contributed by atoms with Gasteiger partial charge >= 0.3 is 0 Å². The summed E-state index contributed by atoms with van der Waals surface area (Å²) in [6.45, 7) is 4.08. The number of amides is 1. The molecule has 31 heavy (non-hydrogen) atoms. The fraction of sp³-hybridized carbons (Fsp3) is 0.440. The van der Waals surface area contributed by atoms with Gasteiger partial charge in [0.2, 0.25) is 5.91 Å². The molecule has 0 aliphatic heterocycles. The molecule has 1 aliphatic carbocycles. The molecular weight excluding hydrogens is 412 g/mol. The van der Waals surface area contributed by atoms with Crippen LogP contribution in [0.1, 0.15) is 55.5 Å². The minimum atomic E-state index is -0.545. The van der Waals surface area contributed by atoms with E-state index in [1.54, 1.807) is 6.92 Å². The number of Topliss-reactive ketones (excluding diaryl/α,β-unsaturated/α-hetero) is 1. The van der Waals surface area contributed by atoms with Gasteiger partial charge in [-0.25, -0.2) is 0 Å². The molecule has 6 heteroatoms. The van der Waals surface area contributed by atoms with Crippen LogP contribution in [0, 0.1) is 5.41 Å². The summed E-state index contributed by atoms with van der Waals surface area (Å²) in [7, 11) is 1.97. The van der Waals surface area contributed by atoms with Crippen LogP contribution in [-0.4, -0.2) is 31.4 Å². The molecule has 2 aromatic rings. The Labute approximate surface area is 191 Å². The van der Waals surface area contributed by atoms with E-state index < -0.39 is 5.41 Å². The highest BCUT2D eigenvalue weighted by molar-refractivity contribution is 5.94. The molecule has 0 radical (unpaired) electrons. The normalized spacial score (nSPS) is 20.5. The molecular formula is C25H33ClN2O3. The fourth-order valence-corrected chi connectivity index (χ4v) is 4.42. The van der Waals surface area contributed by atoms with Crippen LogP contribution in [0.5, 0.6) is 5.75 Å². The lowest BCUT2D eigenvalue weighted by molar-refractivity contribution is -0.129. The van der Waals surface area contributed by atoms with E-state index in [1.807, 2.05) is 50.4 Å². The lowest BCUT2D eigenvalue weighted by Crippen LogP contribution is -2.45. The first kappa shape index (κ1) is 24.9. The van der Waals surface area contributed by atoms with Crippen LogP contribution in [0.2, 0.25) is 0 Å². The maximum atomic E-state index is 12.5. The third-order valence-corrected chi connectivity index (χ3v) is 6.39. The van der Waals surface area contributed by atoms with E-state index in [4.69, 9.17) is 10.5 Å². The molecule has 0 heterocycles. The topological polar surface area (TPSA) is 81.4 Å². The summed E-state index contributed by atoms with van der Waals surface area (Å²) in [5.41, 5.74) is 9.14. The molecule has 1 amide bonds. The fourth-order valence-electron chi connectivity index (χ4n) is 4.42. The molecule has 0 atom stereocenters. The molecule has 0 aromatic heterocycles. The van der Waals surface area contributed by atoms with Gasteiger partial charge in [-0.3, -0.25) is 9.59 Å². The number of benzene rings is 2. The Hall–Kier alpha value is -2.37. The summed E-state index contributed by atoms with van der Waals surface area (Å²) in [6.07, 6.45) is 4.01. The number of primary amides is 1. The molecule has 1 aliphatic rings. The van der Waals surface area contributed by atoms with E-state index in [0.29, 0.717) is 24.6 Å². The maximum absolute atomic E-state index is 12.5. The number of carbonyl (C=O) groups excluding carboxylic acids is 2. The van der Waals surface area contributed by atoms with E-state index in [9.17, 15) is 9.59 Å². The van der Waals surface area contributed by atoms with Gasteiger partial charge in [0.05, 0.1) is 12.0 Å². The summed E-state index contributed by atoms with van der Waals surface area (Å²) in [5.74, 6) is 0.628. The van der Waals surface area contributed by atoms with Crippen molar-refractivity contribution in [2.45, 2.75) is 52.0 Å². The summed E-state index contributed by atoms with van der Waals surface area (Å²) >= 11 is 0. The van der Waals surface area contributed by atoms with Crippen molar-refractivity contribution in [2.75, 3.05) is 13.7 Å². The highest BCUT2D eigenvalue weighted by Crippen LogP contribution is 2.41. The molecule has 1 fully saturated rings. The quantitative estimate of drug-likeness (QED) is 0.585. The van der Waals surface area contributed by atoms with Crippen molar-refractivity contribution < 1.29 is 14.3 Å². The van der Waals surface area contributed by atoms with Crippen molar-refractivity contribution in [1.29, 1.82) is 0 Å². The van der Waals surface area contributed by atoms with Gasteiger partial charge in [-0.05, 0) is 81.8 Å². The zero-order valence-corrected chi connectivity index (χ0v) is 19.4. The summed E-state index contributed by atoms with van der Waals surface area (Å²) < 4.78 is 5.88. The predicted molar refractivity (Wildman–Crippen MR) is 127 cm³/mol. The van der Waals surface area contributed by atoms with Crippen LogP contribution in [0.3, 0.4) is 0 Å². The van der Waals surface area contributed by atoms with Crippen molar-refractivity contribution in [3.05, 3.63) is 53.6 Å². The van der Waals surface area contributed by atoms with E-state index in [0.717, 1.165) is 48.1 Å². The Kier molecular flexibility index (Phi) is 8.66. The number of ketones is 1. The van der Waals surface area contributed by atoms with Gasteiger partial charge in [0.1, 0.15) is 5.75 Å². The molecule has 0 bridgehead atoms. The average Bonchev–Trinajstić information content (AvgIpc) is 2.75. The van der Waals surface area contributed by atoms with Crippen molar-refractivity contribution in [3.63, 3.8) is 0 Å². The first-order valence-electron chi connectivity index (χ1n) is 10.7. The van der Waals surface area contributed by atoms with Crippen molar-refractivity contribution in [2.24, 2.45) is 11.1 Å². The Morgan fingerprint density at radius 3 is 2.23 bits per heavy atom. The number of nitrogens with one attached hydrogen (secondary N) is 1. The Balaban J connectivity index is 0.00000341.